The summed E-state index contributed by atoms with van der Waals surface area (Å²) in [5.41, 5.74) is -1.40. The number of hydrogen-bond donors (Lipinski definition) is 2. The number of ether oxygens (including phenoxy) is 1. The fourth-order valence-corrected chi connectivity index (χ4v) is 0.948. The molecule has 1 fully saturated rings. The number of carbonyl (C=O) groups excluding carboxylic acids is 1. The molecule has 1 heterocycles. The van der Waals surface area contributed by atoms with Crippen molar-refractivity contribution >= 4 is 5.97 Å². The van der Waals surface area contributed by atoms with Crippen molar-refractivity contribution in [2.24, 2.45) is 0 Å². The molecule has 1 saturated heterocycles. The van der Waals surface area contributed by atoms with Crippen molar-refractivity contribution in [3.05, 3.63) is 0 Å². The number of esters is 1. The van der Waals surface area contributed by atoms with E-state index < -0.39 is 17.7 Å². The molecule has 0 bridgehead atoms. The maximum Gasteiger partial charge on any atom is 0.338 e. The van der Waals surface area contributed by atoms with Gasteiger partial charge in [0.25, 0.3) is 0 Å². The predicted octanol–water partition coefficient (Wildman–Crippen LogP) is -0.955. The molecule has 58 valence electrons. The second-order valence-corrected chi connectivity index (χ2v) is 2.69. The zero-order chi connectivity index (χ0) is 7.78. The van der Waals surface area contributed by atoms with Crippen molar-refractivity contribution in [3.8, 4) is 0 Å². The molecule has 4 nitrogen and oxygen atoms in total. The first kappa shape index (κ1) is 7.50. The van der Waals surface area contributed by atoms with Gasteiger partial charge in [-0.05, 0) is 6.92 Å². The number of rotatable bonds is 1. The molecule has 0 saturated carbocycles. The number of aliphatic hydroxyl groups excluding tert-OH is 1. The van der Waals surface area contributed by atoms with Crippen LogP contribution < -0.4 is 0 Å². The molecule has 0 amide bonds. The number of cyclic esters (lactones) is 1. The van der Waals surface area contributed by atoms with Gasteiger partial charge in [-0.3, -0.25) is 0 Å². The molecule has 0 aromatic heterocycles. The van der Waals surface area contributed by atoms with Gasteiger partial charge in [-0.1, -0.05) is 0 Å². The van der Waals surface area contributed by atoms with Gasteiger partial charge >= 0.3 is 5.97 Å². The van der Waals surface area contributed by atoms with Crippen LogP contribution in [0.3, 0.4) is 0 Å². The van der Waals surface area contributed by atoms with Crippen LogP contribution in [-0.4, -0.2) is 34.5 Å². The lowest BCUT2D eigenvalue weighted by atomic mass is 10.0. The Labute approximate surface area is 58.4 Å². The lowest BCUT2D eigenvalue weighted by Crippen LogP contribution is -2.29. The van der Waals surface area contributed by atoms with Gasteiger partial charge in [0.2, 0.25) is 0 Å². The highest BCUT2D eigenvalue weighted by atomic mass is 16.6. The predicted molar refractivity (Wildman–Crippen MR) is 32.2 cm³/mol. The third-order valence-corrected chi connectivity index (χ3v) is 1.54. The summed E-state index contributed by atoms with van der Waals surface area (Å²) in [5, 5.41) is 17.7. The Morgan fingerprint density at radius 1 is 1.90 bits per heavy atom. The first-order valence-corrected chi connectivity index (χ1v) is 3.10. The highest BCUT2D eigenvalue weighted by molar-refractivity contribution is 5.80. The summed E-state index contributed by atoms with van der Waals surface area (Å²) in [6.07, 6.45) is -0.343. The average molecular weight is 146 g/mol. The molecule has 0 radical (unpaired) electrons. The molecule has 1 aliphatic heterocycles. The van der Waals surface area contributed by atoms with Crippen molar-refractivity contribution in [2.75, 3.05) is 6.61 Å². The molecule has 0 aliphatic carbocycles. The molecule has 0 aromatic rings. The summed E-state index contributed by atoms with van der Waals surface area (Å²) >= 11 is 0. The van der Waals surface area contributed by atoms with Crippen LogP contribution in [0.1, 0.15) is 13.3 Å². The molecular formula is C6H10O4. The molecule has 2 N–H and O–H groups in total. The van der Waals surface area contributed by atoms with Gasteiger partial charge in [0, 0.05) is 6.42 Å². The van der Waals surface area contributed by atoms with Crippen LogP contribution in [0.2, 0.25) is 0 Å². The molecule has 0 aromatic carbocycles. The van der Waals surface area contributed by atoms with E-state index in [2.05, 4.69) is 4.74 Å². The number of hydrogen-bond acceptors (Lipinski definition) is 4. The molecule has 0 spiro atoms. The number of aliphatic hydroxyl groups is 2. The van der Waals surface area contributed by atoms with Gasteiger partial charge < -0.3 is 14.9 Å². The van der Waals surface area contributed by atoms with Crippen LogP contribution in [0.5, 0.6) is 0 Å². The zero-order valence-corrected chi connectivity index (χ0v) is 5.70. The van der Waals surface area contributed by atoms with E-state index in [1.54, 1.807) is 0 Å². The van der Waals surface area contributed by atoms with Crippen molar-refractivity contribution < 1.29 is 19.7 Å². The summed E-state index contributed by atoms with van der Waals surface area (Å²) in [5.74, 6) is -0.647. The standard InChI is InChI=1S/C6H10O4/c1-6(9)2-4(3-7)10-5(6)8/h4,7,9H,2-3H2,1H3/t4-,6+/m0/s1. The molecule has 1 rings (SSSR count). The summed E-state index contributed by atoms with van der Waals surface area (Å²) in [4.78, 5) is 10.7. The van der Waals surface area contributed by atoms with E-state index in [9.17, 15) is 9.90 Å². The van der Waals surface area contributed by atoms with Gasteiger partial charge in [-0.15, -0.1) is 0 Å². The lowest BCUT2D eigenvalue weighted by molar-refractivity contribution is -0.154. The third kappa shape index (κ3) is 1.12. The van der Waals surface area contributed by atoms with Crippen LogP contribution in [0.4, 0.5) is 0 Å². The van der Waals surface area contributed by atoms with Crippen LogP contribution >= 0.6 is 0 Å². The molecule has 1 aliphatic rings. The highest BCUT2D eigenvalue weighted by Crippen LogP contribution is 2.24. The first-order chi connectivity index (χ1) is 4.56. The first-order valence-electron chi connectivity index (χ1n) is 3.10. The summed E-state index contributed by atoms with van der Waals surface area (Å²) < 4.78 is 4.59. The van der Waals surface area contributed by atoms with Gasteiger partial charge in [0.05, 0.1) is 6.61 Å². The highest BCUT2D eigenvalue weighted by Gasteiger charge is 2.43. The molecule has 2 atom stereocenters. The monoisotopic (exact) mass is 146 g/mol. The smallest absolute Gasteiger partial charge is 0.338 e. The maximum atomic E-state index is 10.7. The molecular weight excluding hydrogens is 136 g/mol. The zero-order valence-electron chi connectivity index (χ0n) is 5.70. The minimum absolute atomic E-state index is 0.183. The fourth-order valence-electron chi connectivity index (χ4n) is 0.948. The summed E-state index contributed by atoms with van der Waals surface area (Å²) in [6.45, 7) is 1.16. The molecule has 4 heteroatoms. The maximum absolute atomic E-state index is 10.7. The Kier molecular flexibility index (Phi) is 1.66. The van der Waals surface area contributed by atoms with E-state index >= 15 is 0 Å². The second-order valence-electron chi connectivity index (χ2n) is 2.69. The lowest BCUT2D eigenvalue weighted by Gasteiger charge is -2.07. The van der Waals surface area contributed by atoms with Crippen LogP contribution in [0.15, 0.2) is 0 Å². The van der Waals surface area contributed by atoms with Gasteiger partial charge in [0.15, 0.2) is 5.60 Å². The van der Waals surface area contributed by atoms with Crippen LogP contribution in [0, 0.1) is 0 Å². The van der Waals surface area contributed by atoms with E-state index in [1.165, 1.54) is 6.92 Å². The average Bonchev–Trinajstić information content (AvgIpc) is 2.08. The van der Waals surface area contributed by atoms with E-state index in [1.807, 2.05) is 0 Å². The fraction of sp³-hybridized carbons (Fsp3) is 0.833. The SMILES string of the molecule is C[C@@]1(O)C[C@@H](CO)OC1=O. The largest absolute Gasteiger partial charge is 0.458 e. The summed E-state index contributed by atoms with van der Waals surface area (Å²) in [7, 11) is 0. The van der Waals surface area contributed by atoms with Crippen LogP contribution in [0.25, 0.3) is 0 Å². The Hall–Kier alpha value is -0.610. The van der Waals surface area contributed by atoms with Gasteiger partial charge in [0.1, 0.15) is 6.10 Å². The van der Waals surface area contributed by atoms with Crippen LogP contribution in [-0.2, 0) is 9.53 Å². The van der Waals surface area contributed by atoms with E-state index in [0.29, 0.717) is 0 Å². The molecule has 0 unspecified atom stereocenters. The Balaban J connectivity index is 2.62. The quantitative estimate of drug-likeness (QED) is 0.468. The topological polar surface area (TPSA) is 66.8 Å². The van der Waals surface area contributed by atoms with Gasteiger partial charge in [-0.25, -0.2) is 4.79 Å². The third-order valence-electron chi connectivity index (χ3n) is 1.54. The minimum atomic E-state index is -1.40. The van der Waals surface area contributed by atoms with E-state index in [4.69, 9.17) is 5.11 Å². The van der Waals surface area contributed by atoms with E-state index in [0.717, 1.165) is 0 Å². The van der Waals surface area contributed by atoms with Crippen molar-refractivity contribution in [3.63, 3.8) is 0 Å². The molecule has 10 heavy (non-hydrogen) atoms. The van der Waals surface area contributed by atoms with Crippen molar-refractivity contribution in [2.45, 2.75) is 25.0 Å². The second kappa shape index (κ2) is 2.21. The minimum Gasteiger partial charge on any atom is -0.458 e. The Bertz CT molecular complexity index is 152. The normalized spacial score (nSPS) is 39.9. The summed E-state index contributed by atoms with van der Waals surface area (Å²) in [6, 6.07) is 0. The van der Waals surface area contributed by atoms with E-state index in [-0.39, 0.29) is 13.0 Å². The number of carbonyl (C=O) groups is 1. The van der Waals surface area contributed by atoms with Crippen molar-refractivity contribution in [1.29, 1.82) is 0 Å². The van der Waals surface area contributed by atoms with Gasteiger partial charge in [-0.2, -0.15) is 0 Å². The Morgan fingerprint density at radius 3 is 2.70 bits per heavy atom. The Morgan fingerprint density at radius 2 is 2.50 bits per heavy atom. The van der Waals surface area contributed by atoms with Crippen molar-refractivity contribution in [1.82, 2.24) is 0 Å².